The number of benzene rings is 1. The van der Waals surface area contributed by atoms with Gasteiger partial charge in [0.25, 0.3) is 0 Å². The molecule has 1 aromatic carbocycles. The molecule has 0 aliphatic carbocycles. The standard InChI is InChI=1S/C14H21FN2O/c1-11(16)13-5-4-12(10-14(13)15)18-9-8-17-6-2-3-7-17/h4-5,10-11H,2-3,6-9,16H2,1H3/t11-/m0/s1. The Morgan fingerprint density at radius 2 is 2.11 bits per heavy atom. The third kappa shape index (κ3) is 3.43. The van der Waals surface area contributed by atoms with Crippen molar-refractivity contribution < 1.29 is 9.13 Å². The van der Waals surface area contributed by atoms with Gasteiger partial charge in [-0.15, -0.1) is 0 Å². The zero-order chi connectivity index (χ0) is 13.0. The lowest BCUT2D eigenvalue weighted by Gasteiger charge is -2.15. The fraction of sp³-hybridized carbons (Fsp3) is 0.571. The zero-order valence-corrected chi connectivity index (χ0v) is 10.9. The topological polar surface area (TPSA) is 38.5 Å². The van der Waals surface area contributed by atoms with Gasteiger partial charge in [0.05, 0.1) is 0 Å². The Labute approximate surface area is 108 Å². The van der Waals surface area contributed by atoms with E-state index in [4.69, 9.17) is 10.5 Å². The first-order chi connectivity index (χ1) is 8.66. The molecule has 0 aromatic heterocycles. The van der Waals surface area contributed by atoms with Gasteiger partial charge in [0.2, 0.25) is 0 Å². The maximum absolute atomic E-state index is 13.7. The van der Waals surface area contributed by atoms with E-state index < -0.39 is 0 Å². The predicted octanol–water partition coefficient (Wildman–Crippen LogP) is 2.32. The normalized spacial score (nSPS) is 17.9. The summed E-state index contributed by atoms with van der Waals surface area (Å²) in [5, 5.41) is 0. The third-order valence-electron chi connectivity index (χ3n) is 3.34. The number of hydrogen-bond acceptors (Lipinski definition) is 3. The first kappa shape index (κ1) is 13.3. The molecule has 0 bridgehead atoms. The molecule has 4 heteroatoms. The molecule has 0 amide bonds. The van der Waals surface area contributed by atoms with Crippen molar-refractivity contribution in [3.63, 3.8) is 0 Å². The smallest absolute Gasteiger partial charge is 0.131 e. The van der Waals surface area contributed by atoms with Crippen molar-refractivity contribution in [1.29, 1.82) is 0 Å². The average molecular weight is 252 g/mol. The van der Waals surface area contributed by atoms with Crippen LogP contribution in [0.1, 0.15) is 31.4 Å². The van der Waals surface area contributed by atoms with Crippen molar-refractivity contribution in [3.8, 4) is 5.75 Å². The molecule has 1 atom stereocenters. The molecule has 1 aliphatic heterocycles. The Morgan fingerprint density at radius 1 is 1.39 bits per heavy atom. The molecule has 0 radical (unpaired) electrons. The monoisotopic (exact) mass is 252 g/mol. The number of halogens is 1. The van der Waals surface area contributed by atoms with Gasteiger partial charge < -0.3 is 10.5 Å². The minimum Gasteiger partial charge on any atom is -0.492 e. The molecule has 1 aromatic rings. The molecule has 0 saturated carbocycles. The van der Waals surface area contributed by atoms with Crippen LogP contribution in [0.3, 0.4) is 0 Å². The molecule has 0 unspecified atom stereocenters. The van der Waals surface area contributed by atoms with Gasteiger partial charge in [-0.05, 0) is 38.9 Å². The van der Waals surface area contributed by atoms with Crippen LogP contribution in [0.15, 0.2) is 18.2 Å². The van der Waals surface area contributed by atoms with Crippen molar-refractivity contribution >= 4 is 0 Å². The van der Waals surface area contributed by atoms with E-state index >= 15 is 0 Å². The first-order valence-corrected chi connectivity index (χ1v) is 6.57. The second-order valence-electron chi connectivity index (χ2n) is 4.87. The fourth-order valence-corrected chi connectivity index (χ4v) is 2.27. The van der Waals surface area contributed by atoms with Gasteiger partial charge in [-0.3, -0.25) is 4.90 Å². The summed E-state index contributed by atoms with van der Waals surface area (Å²) in [4.78, 5) is 2.37. The highest BCUT2D eigenvalue weighted by molar-refractivity contribution is 5.30. The lowest BCUT2D eigenvalue weighted by atomic mass is 10.1. The third-order valence-corrected chi connectivity index (χ3v) is 3.34. The highest BCUT2D eigenvalue weighted by Gasteiger charge is 2.11. The van der Waals surface area contributed by atoms with E-state index in [0.29, 0.717) is 17.9 Å². The van der Waals surface area contributed by atoms with Gasteiger partial charge in [-0.1, -0.05) is 6.07 Å². The molecule has 18 heavy (non-hydrogen) atoms. The van der Waals surface area contributed by atoms with Crippen molar-refractivity contribution in [3.05, 3.63) is 29.6 Å². The Balaban J connectivity index is 1.84. The predicted molar refractivity (Wildman–Crippen MR) is 70.2 cm³/mol. The van der Waals surface area contributed by atoms with Gasteiger partial charge in [-0.2, -0.15) is 0 Å². The lowest BCUT2D eigenvalue weighted by Crippen LogP contribution is -2.25. The first-order valence-electron chi connectivity index (χ1n) is 6.57. The minimum absolute atomic E-state index is 0.288. The van der Waals surface area contributed by atoms with Crippen LogP contribution in [0, 0.1) is 5.82 Å². The average Bonchev–Trinajstić information content (AvgIpc) is 2.81. The van der Waals surface area contributed by atoms with Crippen LogP contribution < -0.4 is 10.5 Å². The summed E-state index contributed by atoms with van der Waals surface area (Å²) in [6.45, 7) is 5.60. The number of rotatable bonds is 5. The van der Waals surface area contributed by atoms with Crippen LogP contribution in [0.25, 0.3) is 0 Å². The second kappa shape index (κ2) is 6.16. The van der Waals surface area contributed by atoms with Crippen molar-refractivity contribution in [2.45, 2.75) is 25.8 Å². The molecule has 1 aliphatic rings. The molecule has 1 fully saturated rings. The highest BCUT2D eigenvalue weighted by Crippen LogP contribution is 2.20. The van der Waals surface area contributed by atoms with E-state index in [-0.39, 0.29) is 11.9 Å². The lowest BCUT2D eigenvalue weighted by molar-refractivity contribution is 0.237. The fourth-order valence-electron chi connectivity index (χ4n) is 2.27. The van der Waals surface area contributed by atoms with E-state index in [1.807, 2.05) is 0 Å². The van der Waals surface area contributed by atoms with E-state index in [0.717, 1.165) is 19.6 Å². The van der Waals surface area contributed by atoms with Gasteiger partial charge in [0.1, 0.15) is 18.2 Å². The SMILES string of the molecule is C[C@H](N)c1ccc(OCCN2CCCC2)cc1F. The quantitative estimate of drug-likeness (QED) is 0.874. The van der Waals surface area contributed by atoms with Gasteiger partial charge >= 0.3 is 0 Å². The van der Waals surface area contributed by atoms with Crippen LogP contribution in [-0.4, -0.2) is 31.1 Å². The molecule has 0 spiro atoms. The maximum Gasteiger partial charge on any atom is 0.131 e. The van der Waals surface area contributed by atoms with Gasteiger partial charge in [-0.25, -0.2) is 4.39 Å². The summed E-state index contributed by atoms with van der Waals surface area (Å²) in [6, 6.07) is 4.61. The highest BCUT2D eigenvalue weighted by atomic mass is 19.1. The van der Waals surface area contributed by atoms with Crippen molar-refractivity contribution in [2.75, 3.05) is 26.2 Å². The molecular weight excluding hydrogens is 231 g/mol. The zero-order valence-electron chi connectivity index (χ0n) is 10.9. The number of ether oxygens (including phenoxy) is 1. The Kier molecular flexibility index (Phi) is 4.55. The van der Waals surface area contributed by atoms with Crippen LogP contribution in [0.4, 0.5) is 4.39 Å². The number of hydrogen-bond donors (Lipinski definition) is 1. The molecule has 1 heterocycles. The summed E-state index contributed by atoms with van der Waals surface area (Å²) in [6.07, 6.45) is 2.55. The van der Waals surface area contributed by atoms with Gasteiger partial charge in [0, 0.05) is 24.2 Å². The summed E-state index contributed by atoms with van der Waals surface area (Å²) >= 11 is 0. The van der Waals surface area contributed by atoms with E-state index in [1.165, 1.54) is 18.9 Å². The number of likely N-dealkylation sites (tertiary alicyclic amines) is 1. The second-order valence-corrected chi connectivity index (χ2v) is 4.87. The van der Waals surface area contributed by atoms with Crippen LogP contribution in [0.5, 0.6) is 5.75 Å². The number of nitrogens with two attached hydrogens (primary N) is 1. The molecular formula is C14H21FN2O. The molecule has 1 saturated heterocycles. The summed E-state index contributed by atoms with van der Waals surface area (Å²) in [5.74, 6) is 0.291. The summed E-state index contributed by atoms with van der Waals surface area (Å²) in [5.41, 5.74) is 6.19. The Morgan fingerprint density at radius 3 is 2.72 bits per heavy atom. The number of nitrogens with zero attached hydrogens (tertiary/aromatic N) is 1. The largest absolute Gasteiger partial charge is 0.492 e. The van der Waals surface area contributed by atoms with E-state index in [2.05, 4.69) is 4.90 Å². The van der Waals surface area contributed by atoms with E-state index in [9.17, 15) is 4.39 Å². The molecule has 2 N–H and O–H groups in total. The van der Waals surface area contributed by atoms with Crippen molar-refractivity contribution in [2.24, 2.45) is 5.73 Å². The Bertz CT molecular complexity index is 389. The molecule has 100 valence electrons. The molecule has 3 nitrogen and oxygen atoms in total. The van der Waals surface area contributed by atoms with Crippen molar-refractivity contribution in [1.82, 2.24) is 4.90 Å². The minimum atomic E-state index is -0.288. The van der Waals surface area contributed by atoms with E-state index in [1.54, 1.807) is 19.1 Å². The van der Waals surface area contributed by atoms with Gasteiger partial charge in [0.15, 0.2) is 0 Å². The van der Waals surface area contributed by atoms with Crippen LogP contribution in [-0.2, 0) is 0 Å². The summed E-state index contributed by atoms with van der Waals surface area (Å²) < 4.78 is 19.2. The summed E-state index contributed by atoms with van der Waals surface area (Å²) in [7, 11) is 0. The van der Waals surface area contributed by atoms with Crippen LogP contribution >= 0.6 is 0 Å². The Hall–Kier alpha value is -1.13. The maximum atomic E-state index is 13.7. The van der Waals surface area contributed by atoms with Crippen LogP contribution in [0.2, 0.25) is 0 Å². The molecule has 2 rings (SSSR count).